The Bertz CT molecular complexity index is 626. The summed E-state index contributed by atoms with van der Waals surface area (Å²) in [5, 5.41) is 0. The van der Waals surface area contributed by atoms with Crippen molar-refractivity contribution in [3.8, 4) is 0 Å². The van der Waals surface area contributed by atoms with Crippen LogP contribution in [-0.4, -0.2) is 11.6 Å². The molecule has 0 heterocycles. The Morgan fingerprint density at radius 3 is 2.73 bits per heavy atom. The van der Waals surface area contributed by atoms with Gasteiger partial charge < -0.3 is 0 Å². The van der Waals surface area contributed by atoms with Crippen LogP contribution in [0.25, 0.3) is 0 Å². The van der Waals surface area contributed by atoms with Gasteiger partial charge in [-0.05, 0) is 49.5 Å². The van der Waals surface area contributed by atoms with E-state index in [2.05, 4.69) is 26.8 Å². The first-order valence-electron chi connectivity index (χ1n) is 8.84. The van der Waals surface area contributed by atoms with Crippen molar-refractivity contribution in [1.82, 2.24) is 0 Å². The Kier molecular flexibility index (Phi) is 2.90. The topological polar surface area (TPSA) is 34.1 Å². The molecule has 2 nitrogen and oxygen atoms in total. The van der Waals surface area contributed by atoms with Crippen molar-refractivity contribution in [2.24, 2.45) is 28.6 Å². The SMILES string of the molecule is CC1CC2=CC(=O)CCC2(C)C2=CCC3(C)C(=O)CCC3C21. The van der Waals surface area contributed by atoms with Gasteiger partial charge in [0.1, 0.15) is 5.78 Å². The maximum atomic E-state index is 12.4. The third-order valence-corrected chi connectivity index (χ3v) is 7.38. The molecule has 0 amide bonds. The molecule has 4 rings (SSSR count). The molecule has 2 heteroatoms. The summed E-state index contributed by atoms with van der Waals surface area (Å²) < 4.78 is 0. The molecule has 5 atom stereocenters. The summed E-state index contributed by atoms with van der Waals surface area (Å²) in [4.78, 5) is 24.3. The van der Waals surface area contributed by atoms with E-state index in [0.717, 1.165) is 32.1 Å². The molecule has 0 aromatic heterocycles. The Morgan fingerprint density at radius 1 is 1.18 bits per heavy atom. The van der Waals surface area contributed by atoms with Gasteiger partial charge in [0, 0.05) is 23.7 Å². The van der Waals surface area contributed by atoms with Crippen LogP contribution in [0.5, 0.6) is 0 Å². The van der Waals surface area contributed by atoms with Crippen LogP contribution in [0.3, 0.4) is 0 Å². The van der Waals surface area contributed by atoms with Gasteiger partial charge in [-0.1, -0.05) is 38.0 Å². The summed E-state index contributed by atoms with van der Waals surface area (Å²) in [5.41, 5.74) is 2.87. The number of Topliss-reactive ketones (excluding diaryl/α,β-unsaturated/α-hetero) is 1. The highest BCUT2D eigenvalue weighted by atomic mass is 16.1. The van der Waals surface area contributed by atoms with Crippen molar-refractivity contribution >= 4 is 11.6 Å². The third kappa shape index (κ3) is 1.67. The van der Waals surface area contributed by atoms with Crippen LogP contribution in [0.2, 0.25) is 0 Å². The monoisotopic (exact) mass is 298 g/mol. The minimum atomic E-state index is -0.121. The van der Waals surface area contributed by atoms with Crippen molar-refractivity contribution in [1.29, 1.82) is 0 Å². The van der Waals surface area contributed by atoms with Gasteiger partial charge in [-0.25, -0.2) is 0 Å². The highest BCUT2D eigenvalue weighted by molar-refractivity contribution is 5.92. The number of hydrogen-bond donors (Lipinski definition) is 0. The molecule has 2 fully saturated rings. The highest BCUT2D eigenvalue weighted by Crippen LogP contribution is 2.63. The lowest BCUT2D eigenvalue weighted by atomic mass is 9.49. The molecule has 0 aromatic carbocycles. The smallest absolute Gasteiger partial charge is 0.155 e. The standard InChI is InChI=1S/C20H26O2/c1-12-10-13-11-14(21)6-8-19(13,2)16-7-9-20(3)15(18(12)16)4-5-17(20)22/h7,11-12,15,18H,4-6,8-10H2,1-3H3. The molecule has 0 radical (unpaired) electrons. The Labute approximate surface area is 133 Å². The van der Waals surface area contributed by atoms with Crippen LogP contribution in [0.1, 0.15) is 59.3 Å². The quantitative estimate of drug-likeness (QED) is 0.626. The molecule has 2 saturated carbocycles. The van der Waals surface area contributed by atoms with E-state index in [4.69, 9.17) is 0 Å². The average molecular weight is 298 g/mol. The fourth-order valence-electron chi connectivity index (χ4n) is 5.96. The van der Waals surface area contributed by atoms with Gasteiger partial charge >= 0.3 is 0 Å². The zero-order valence-electron chi connectivity index (χ0n) is 13.9. The van der Waals surface area contributed by atoms with Crippen molar-refractivity contribution < 1.29 is 9.59 Å². The Morgan fingerprint density at radius 2 is 1.95 bits per heavy atom. The first kappa shape index (κ1) is 14.4. The molecule has 4 aliphatic carbocycles. The van der Waals surface area contributed by atoms with E-state index < -0.39 is 0 Å². The van der Waals surface area contributed by atoms with Crippen LogP contribution < -0.4 is 0 Å². The van der Waals surface area contributed by atoms with Gasteiger partial charge in [0.25, 0.3) is 0 Å². The molecule has 0 bridgehead atoms. The highest BCUT2D eigenvalue weighted by Gasteiger charge is 2.57. The fraction of sp³-hybridized carbons (Fsp3) is 0.700. The number of fused-ring (bicyclic) bond motifs is 5. The van der Waals surface area contributed by atoms with Crippen LogP contribution in [-0.2, 0) is 9.59 Å². The number of ketones is 2. The summed E-state index contributed by atoms with van der Waals surface area (Å²) >= 11 is 0. The van der Waals surface area contributed by atoms with Crippen molar-refractivity contribution in [3.05, 3.63) is 23.3 Å². The third-order valence-electron chi connectivity index (χ3n) is 7.38. The average Bonchev–Trinajstić information content (AvgIpc) is 2.77. The van der Waals surface area contributed by atoms with E-state index in [9.17, 15) is 9.59 Å². The lowest BCUT2D eigenvalue weighted by Crippen LogP contribution is -2.47. The zero-order valence-corrected chi connectivity index (χ0v) is 13.9. The fourth-order valence-corrected chi connectivity index (χ4v) is 5.96. The van der Waals surface area contributed by atoms with Crippen LogP contribution in [0.4, 0.5) is 0 Å². The summed E-state index contributed by atoms with van der Waals surface area (Å²) in [7, 11) is 0. The lowest BCUT2D eigenvalue weighted by Gasteiger charge is -2.54. The predicted octanol–water partition coefficient (Wildman–Crippen LogP) is 4.25. The lowest BCUT2D eigenvalue weighted by molar-refractivity contribution is -0.127. The van der Waals surface area contributed by atoms with Gasteiger partial charge in [0.2, 0.25) is 0 Å². The number of hydrogen-bond acceptors (Lipinski definition) is 2. The molecule has 0 spiro atoms. The number of rotatable bonds is 0. The number of carbonyl (C=O) groups is 2. The Hall–Kier alpha value is -1.18. The first-order chi connectivity index (χ1) is 10.4. The second-order valence-electron chi connectivity index (χ2n) is 8.52. The Balaban J connectivity index is 1.83. The van der Waals surface area contributed by atoms with E-state index >= 15 is 0 Å². The minimum absolute atomic E-state index is 0.0814. The van der Waals surface area contributed by atoms with E-state index in [0.29, 0.717) is 35.7 Å². The zero-order chi connectivity index (χ0) is 15.7. The van der Waals surface area contributed by atoms with E-state index in [1.807, 2.05) is 6.08 Å². The van der Waals surface area contributed by atoms with Gasteiger partial charge in [0.15, 0.2) is 5.78 Å². The van der Waals surface area contributed by atoms with Gasteiger partial charge in [-0.2, -0.15) is 0 Å². The summed E-state index contributed by atoms with van der Waals surface area (Å²) in [6.45, 7) is 6.87. The van der Waals surface area contributed by atoms with Crippen molar-refractivity contribution in [2.45, 2.75) is 59.3 Å². The van der Waals surface area contributed by atoms with Crippen molar-refractivity contribution in [2.75, 3.05) is 0 Å². The van der Waals surface area contributed by atoms with Gasteiger partial charge in [-0.3, -0.25) is 9.59 Å². The molecule has 5 unspecified atom stereocenters. The molecule has 0 N–H and O–H groups in total. The molecule has 22 heavy (non-hydrogen) atoms. The second-order valence-corrected chi connectivity index (χ2v) is 8.52. The normalized spacial score (nSPS) is 47.3. The van der Waals surface area contributed by atoms with Gasteiger partial charge in [-0.15, -0.1) is 0 Å². The summed E-state index contributed by atoms with van der Waals surface area (Å²) in [6.07, 6.45) is 9.74. The first-order valence-corrected chi connectivity index (χ1v) is 8.84. The van der Waals surface area contributed by atoms with Crippen LogP contribution >= 0.6 is 0 Å². The molecule has 0 aliphatic heterocycles. The van der Waals surface area contributed by atoms with E-state index in [1.165, 1.54) is 5.57 Å². The molecule has 0 saturated heterocycles. The molecule has 118 valence electrons. The van der Waals surface area contributed by atoms with Crippen LogP contribution in [0.15, 0.2) is 23.3 Å². The second kappa shape index (κ2) is 4.43. The molecular weight excluding hydrogens is 272 g/mol. The molecule has 0 aromatic rings. The van der Waals surface area contributed by atoms with Crippen molar-refractivity contribution in [3.63, 3.8) is 0 Å². The molecular formula is C20H26O2. The van der Waals surface area contributed by atoms with E-state index in [-0.39, 0.29) is 10.8 Å². The maximum Gasteiger partial charge on any atom is 0.155 e. The predicted molar refractivity (Wildman–Crippen MR) is 86.2 cm³/mol. The van der Waals surface area contributed by atoms with Crippen LogP contribution in [0, 0.1) is 28.6 Å². The summed E-state index contributed by atoms with van der Waals surface area (Å²) in [6, 6.07) is 0. The summed E-state index contributed by atoms with van der Waals surface area (Å²) in [5.74, 6) is 2.39. The maximum absolute atomic E-state index is 12.4. The number of allylic oxidation sites excluding steroid dienone is 4. The van der Waals surface area contributed by atoms with E-state index in [1.54, 1.807) is 5.57 Å². The van der Waals surface area contributed by atoms with Gasteiger partial charge in [0.05, 0.1) is 0 Å². The largest absolute Gasteiger partial charge is 0.299 e. The molecule has 4 aliphatic rings. The minimum Gasteiger partial charge on any atom is -0.299 e. The number of carbonyl (C=O) groups excluding carboxylic acids is 2.